The Morgan fingerprint density at radius 2 is 1.35 bits per heavy atom. The molecular formula is C26H50O5. The Hall–Kier alpha value is -0.460. The maximum absolute atomic E-state index is 9.89. The first-order valence-corrected chi connectivity index (χ1v) is 13.1. The molecule has 1 saturated heterocycles. The van der Waals surface area contributed by atoms with Gasteiger partial charge in [0.2, 0.25) is 0 Å². The van der Waals surface area contributed by atoms with Crippen molar-refractivity contribution >= 4 is 0 Å². The Morgan fingerprint density at radius 3 is 1.90 bits per heavy atom. The predicted octanol–water partition coefficient (Wildman–Crippen LogP) is 5.30. The zero-order valence-electron chi connectivity index (χ0n) is 20.1. The summed E-state index contributed by atoms with van der Waals surface area (Å²) < 4.78 is 11.0. The third kappa shape index (κ3) is 14.3. The predicted molar refractivity (Wildman–Crippen MR) is 127 cm³/mol. The second-order valence-electron chi connectivity index (χ2n) is 9.10. The van der Waals surface area contributed by atoms with Gasteiger partial charge in [-0.25, -0.2) is 0 Å². The number of ether oxygens (including phenoxy) is 2. The normalized spacial score (nSPS) is 22.5. The lowest BCUT2D eigenvalue weighted by molar-refractivity contribution is -0.0924. The van der Waals surface area contributed by atoms with Gasteiger partial charge in [0, 0.05) is 0 Å². The highest BCUT2D eigenvalue weighted by molar-refractivity contribution is 4.89. The van der Waals surface area contributed by atoms with Crippen LogP contribution in [0.1, 0.15) is 110 Å². The van der Waals surface area contributed by atoms with E-state index in [9.17, 15) is 10.2 Å². The Balaban J connectivity index is 1.84. The van der Waals surface area contributed by atoms with Gasteiger partial charge in [-0.2, -0.15) is 0 Å². The van der Waals surface area contributed by atoms with E-state index in [2.05, 4.69) is 19.1 Å². The number of aliphatic hydroxyl groups is 3. The van der Waals surface area contributed by atoms with Gasteiger partial charge in [-0.15, -0.1) is 0 Å². The molecule has 0 aromatic heterocycles. The first-order valence-electron chi connectivity index (χ1n) is 13.1. The van der Waals surface area contributed by atoms with Crippen LogP contribution in [0.2, 0.25) is 0 Å². The largest absolute Gasteiger partial charge is 0.394 e. The second-order valence-corrected chi connectivity index (χ2v) is 9.10. The van der Waals surface area contributed by atoms with E-state index in [-0.39, 0.29) is 6.61 Å². The minimum absolute atomic E-state index is 0.140. The Kier molecular flexibility index (Phi) is 18.6. The van der Waals surface area contributed by atoms with Gasteiger partial charge >= 0.3 is 0 Å². The smallest absolute Gasteiger partial charge is 0.114 e. The summed E-state index contributed by atoms with van der Waals surface area (Å²) in [4.78, 5) is 0. The highest BCUT2D eigenvalue weighted by Gasteiger charge is 2.40. The van der Waals surface area contributed by atoms with E-state index in [1.807, 2.05) is 0 Å². The fraction of sp³-hybridized carbons (Fsp3) is 0.923. The van der Waals surface area contributed by atoms with Crippen LogP contribution in [0.3, 0.4) is 0 Å². The summed E-state index contributed by atoms with van der Waals surface area (Å²) >= 11 is 0. The lowest BCUT2D eigenvalue weighted by Gasteiger charge is -2.23. The van der Waals surface area contributed by atoms with Crippen molar-refractivity contribution in [2.45, 2.75) is 134 Å². The molecule has 0 unspecified atom stereocenters. The molecule has 0 aromatic rings. The maximum atomic E-state index is 9.89. The molecule has 3 N–H and O–H groups in total. The highest BCUT2D eigenvalue weighted by atomic mass is 16.6. The van der Waals surface area contributed by atoms with Crippen LogP contribution in [-0.2, 0) is 9.47 Å². The van der Waals surface area contributed by atoms with Crippen molar-refractivity contribution in [3.05, 3.63) is 12.2 Å². The summed E-state index contributed by atoms with van der Waals surface area (Å²) in [5, 5.41) is 28.7. The van der Waals surface area contributed by atoms with E-state index in [0.29, 0.717) is 6.61 Å². The SMILES string of the molecule is CCCCCCCCCCCCCCCC/C=C/CCO[C@H]1[C@@H]([C@H](O)CO)OC[C@@H]1O. The molecular weight excluding hydrogens is 392 g/mol. The van der Waals surface area contributed by atoms with Gasteiger partial charge < -0.3 is 24.8 Å². The lowest BCUT2D eigenvalue weighted by Crippen LogP contribution is -2.42. The van der Waals surface area contributed by atoms with E-state index < -0.39 is 31.0 Å². The summed E-state index contributed by atoms with van der Waals surface area (Å²) in [6.45, 7) is 2.51. The minimum atomic E-state index is -1.02. The van der Waals surface area contributed by atoms with E-state index >= 15 is 0 Å². The molecule has 1 rings (SSSR count). The number of unbranched alkanes of at least 4 members (excludes halogenated alkanes) is 14. The maximum Gasteiger partial charge on any atom is 0.114 e. The van der Waals surface area contributed by atoms with Crippen molar-refractivity contribution in [2.75, 3.05) is 19.8 Å². The lowest BCUT2D eigenvalue weighted by atomic mass is 10.0. The molecule has 0 aliphatic carbocycles. The number of rotatable bonds is 21. The van der Waals surface area contributed by atoms with Gasteiger partial charge in [0.1, 0.15) is 24.4 Å². The number of hydrogen-bond acceptors (Lipinski definition) is 5. The van der Waals surface area contributed by atoms with Gasteiger partial charge in [0.25, 0.3) is 0 Å². The van der Waals surface area contributed by atoms with Crippen LogP contribution in [-0.4, -0.2) is 59.6 Å². The summed E-state index contributed by atoms with van der Waals surface area (Å²) in [6, 6.07) is 0. The monoisotopic (exact) mass is 442 g/mol. The Labute approximate surface area is 191 Å². The van der Waals surface area contributed by atoms with Crippen LogP contribution in [0.15, 0.2) is 12.2 Å². The van der Waals surface area contributed by atoms with Gasteiger partial charge in [-0.3, -0.25) is 0 Å². The standard InChI is InChI=1S/C26H50O5/c1-2-3-4-5-6-7-8-9-10-11-12-13-14-15-16-17-18-19-20-30-26-24(29)22-31-25(26)23(28)21-27/h17-18,23-29H,2-16,19-22H2,1H3/b18-17+/t23-,24+,25-,26-/m1/s1. The molecule has 0 spiro atoms. The molecule has 5 nitrogen and oxygen atoms in total. The van der Waals surface area contributed by atoms with Crippen LogP contribution >= 0.6 is 0 Å². The topological polar surface area (TPSA) is 79.2 Å². The quantitative estimate of drug-likeness (QED) is 0.166. The molecule has 0 radical (unpaired) electrons. The molecule has 31 heavy (non-hydrogen) atoms. The van der Waals surface area contributed by atoms with E-state index in [0.717, 1.165) is 12.8 Å². The fourth-order valence-electron chi connectivity index (χ4n) is 4.22. The van der Waals surface area contributed by atoms with Crippen LogP contribution < -0.4 is 0 Å². The van der Waals surface area contributed by atoms with Gasteiger partial charge in [-0.1, -0.05) is 103 Å². The summed E-state index contributed by atoms with van der Waals surface area (Å²) in [5.41, 5.74) is 0. The van der Waals surface area contributed by atoms with Crippen LogP contribution in [0.25, 0.3) is 0 Å². The summed E-state index contributed by atoms with van der Waals surface area (Å²) in [5.74, 6) is 0. The van der Waals surface area contributed by atoms with Gasteiger partial charge in [-0.05, 0) is 19.3 Å². The summed E-state index contributed by atoms with van der Waals surface area (Å²) in [6.07, 6.45) is 22.7. The third-order valence-corrected chi connectivity index (χ3v) is 6.21. The average Bonchev–Trinajstić information content (AvgIpc) is 3.15. The van der Waals surface area contributed by atoms with Crippen molar-refractivity contribution in [3.63, 3.8) is 0 Å². The van der Waals surface area contributed by atoms with Crippen molar-refractivity contribution in [3.8, 4) is 0 Å². The highest BCUT2D eigenvalue weighted by Crippen LogP contribution is 2.21. The number of aliphatic hydroxyl groups excluding tert-OH is 3. The van der Waals surface area contributed by atoms with Crippen molar-refractivity contribution in [1.29, 1.82) is 0 Å². The number of hydrogen-bond donors (Lipinski definition) is 3. The van der Waals surface area contributed by atoms with Crippen molar-refractivity contribution in [2.24, 2.45) is 0 Å². The Morgan fingerprint density at radius 1 is 0.839 bits per heavy atom. The molecule has 184 valence electrons. The zero-order chi connectivity index (χ0) is 22.6. The summed E-state index contributed by atoms with van der Waals surface area (Å²) in [7, 11) is 0. The van der Waals surface area contributed by atoms with Crippen molar-refractivity contribution < 1.29 is 24.8 Å². The molecule has 1 heterocycles. The van der Waals surface area contributed by atoms with Crippen LogP contribution in [0.4, 0.5) is 0 Å². The molecule has 0 saturated carbocycles. The molecule has 0 bridgehead atoms. The molecule has 1 aliphatic heterocycles. The molecule has 5 heteroatoms. The van der Waals surface area contributed by atoms with E-state index in [1.54, 1.807) is 0 Å². The Bertz CT molecular complexity index is 415. The van der Waals surface area contributed by atoms with Crippen molar-refractivity contribution in [1.82, 2.24) is 0 Å². The molecule has 1 aliphatic rings. The van der Waals surface area contributed by atoms with E-state index in [1.165, 1.54) is 89.9 Å². The van der Waals surface area contributed by atoms with Gasteiger partial charge in [0.15, 0.2) is 0 Å². The second kappa shape index (κ2) is 20.2. The molecule has 1 fully saturated rings. The molecule has 4 atom stereocenters. The van der Waals surface area contributed by atoms with Crippen LogP contribution in [0.5, 0.6) is 0 Å². The molecule has 0 amide bonds. The zero-order valence-corrected chi connectivity index (χ0v) is 20.1. The van der Waals surface area contributed by atoms with Gasteiger partial charge in [0.05, 0.1) is 19.8 Å². The first-order chi connectivity index (χ1) is 15.2. The molecule has 0 aromatic carbocycles. The first kappa shape index (κ1) is 28.6. The average molecular weight is 443 g/mol. The minimum Gasteiger partial charge on any atom is -0.394 e. The van der Waals surface area contributed by atoms with Crippen LogP contribution in [0, 0.1) is 0 Å². The third-order valence-electron chi connectivity index (χ3n) is 6.21. The fourth-order valence-corrected chi connectivity index (χ4v) is 4.22. The number of allylic oxidation sites excluding steroid dienone is 1. The van der Waals surface area contributed by atoms with E-state index in [4.69, 9.17) is 14.6 Å².